The number of hydrogen-bond acceptors (Lipinski definition) is 5. The first-order valence-electron chi connectivity index (χ1n) is 14.2. The quantitative estimate of drug-likeness (QED) is 0.216. The molecule has 0 aromatic heterocycles. The second-order valence-electron chi connectivity index (χ2n) is 10.5. The van der Waals surface area contributed by atoms with Gasteiger partial charge in [0.05, 0.1) is 17.2 Å². The zero-order chi connectivity index (χ0) is 31.7. The van der Waals surface area contributed by atoms with Gasteiger partial charge >= 0.3 is 0 Å². The minimum Gasteiger partial charge on any atom is -0.492 e. The fourth-order valence-electron chi connectivity index (χ4n) is 4.49. The van der Waals surface area contributed by atoms with Gasteiger partial charge in [-0.15, -0.1) is 0 Å². The van der Waals surface area contributed by atoms with Gasteiger partial charge in [-0.1, -0.05) is 79.9 Å². The highest BCUT2D eigenvalue weighted by atomic mass is 35.5. The molecule has 43 heavy (non-hydrogen) atoms. The normalized spacial score (nSPS) is 12.1. The molecular formula is C32H39Cl2N3O5S. The van der Waals surface area contributed by atoms with Gasteiger partial charge in [0.15, 0.2) is 0 Å². The number of amides is 2. The van der Waals surface area contributed by atoms with Crippen molar-refractivity contribution in [3.8, 4) is 5.75 Å². The second-order valence-corrected chi connectivity index (χ2v) is 13.2. The Morgan fingerprint density at radius 1 is 0.930 bits per heavy atom. The number of para-hydroxylation sites is 2. The Labute approximate surface area is 265 Å². The van der Waals surface area contributed by atoms with Gasteiger partial charge in [-0.05, 0) is 62.6 Å². The number of aryl methyl sites for hydroxylation is 1. The van der Waals surface area contributed by atoms with Crippen LogP contribution in [0.2, 0.25) is 10.0 Å². The van der Waals surface area contributed by atoms with E-state index in [0.717, 1.165) is 9.87 Å². The molecule has 3 rings (SSSR count). The molecule has 2 amide bonds. The first-order valence-corrected chi connectivity index (χ1v) is 16.4. The van der Waals surface area contributed by atoms with E-state index in [4.69, 9.17) is 27.9 Å². The number of anilines is 1. The highest BCUT2D eigenvalue weighted by Crippen LogP contribution is 2.33. The summed E-state index contributed by atoms with van der Waals surface area (Å²) in [4.78, 5) is 29.1. The molecule has 0 aliphatic rings. The van der Waals surface area contributed by atoms with E-state index < -0.39 is 28.5 Å². The van der Waals surface area contributed by atoms with Gasteiger partial charge in [-0.25, -0.2) is 8.42 Å². The summed E-state index contributed by atoms with van der Waals surface area (Å²) in [5, 5.41) is 3.56. The van der Waals surface area contributed by atoms with Crippen molar-refractivity contribution in [2.45, 2.75) is 58.5 Å². The summed E-state index contributed by atoms with van der Waals surface area (Å²) in [6, 6.07) is 17.1. The molecule has 0 spiro atoms. The molecule has 3 aromatic carbocycles. The van der Waals surface area contributed by atoms with Crippen LogP contribution < -0.4 is 14.4 Å². The number of carbonyl (C=O) groups excluding carboxylic acids is 2. The predicted octanol–water partition coefficient (Wildman–Crippen LogP) is 6.48. The van der Waals surface area contributed by atoms with E-state index in [2.05, 4.69) is 5.32 Å². The fourth-order valence-corrected chi connectivity index (χ4v) is 6.43. The summed E-state index contributed by atoms with van der Waals surface area (Å²) in [7, 11) is -4.25. The van der Waals surface area contributed by atoms with Gasteiger partial charge in [0, 0.05) is 28.7 Å². The summed E-state index contributed by atoms with van der Waals surface area (Å²) in [6.45, 7) is 9.38. The Balaban J connectivity index is 2.14. The van der Waals surface area contributed by atoms with Crippen molar-refractivity contribution >= 4 is 50.7 Å². The largest absolute Gasteiger partial charge is 0.492 e. The summed E-state index contributed by atoms with van der Waals surface area (Å²) >= 11 is 13.0. The molecule has 0 saturated heterocycles. The Hall–Kier alpha value is -3.27. The highest BCUT2D eigenvalue weighted by molar-refractivity contribution is 7.92. The molecule has 0 radical (unpaired) electrons. The van der Waals surface area contributed by atoms with Crippen molar-refractivity contribution in [2.24, 2.45) is 5.92 Å². The summed E-state index contributed by atoms with van der Waals surface area (Å²) in [5.41, 5.74) is 1.54. The Bertz CT molecular complexity index is 1490. The molecule has 1 unspecified atom stereocenters. The van der Waals surface area contributed by atoms with Crippen LogP contribution in [0.15, 0.2) is 71.6 Å². The third-order valence-electron chi connectivity index (χ3n) is 6.78. The third kappa shape index (κ3) is 8.65. The van der Waals surface area contributed by atoms with Crippen molar-refractivity contribution in [3.05, 3.63) is 87.9 Å². The SMILES string of the molecule is CCOc1ccccc1N(CC(=O)N(Cc1c(Cl)cccc1Cl)C(CC)C(=O)NCC(C)C)S(=O)(=O)c1ccc(C)cc1. The van der Waals surface area contributed by atoms with E-state index >= 15 is 0 Å². The Morgan fingerprint density at radius 3 is 2.14 bits per heavy atom. The van der Waals surface area contributed by atoms with Crippen molar-refractivity contribution in [3.63, 3.8) is 0 Å². The molecule has 0 heterocycles. The van der Waals surface area contributed by atoms with Crippen molar-refractivity contribution < 1.29 is 22.7 Å². The minimum atomic E-state index is -4.25. The van der Waals surface area contributed by atoms with E-state index in [-0.39, 0.29) is 42.0 Å². The molecule has 0 fully saturated rings. The molecule has 0 aliphatic carbocycles. The number of nitrogens with one attached hydrogen (secondary N) is 1. The van der Waals surface area contributed by atoms with E-state index in [9.17, 15) is 18.0 Å². The van der Waals surface area contributed by atoms with E-state index in [1.54, 1.807) is 68.4 Å². The van der Waals surface area contributed by atoms with Crippen molar-refractivity contribution in [2.75, 3.05) is 24.0 Å². The molecule has 11 heteroatoms. The molecule has 0 aliphatic heterocycles. The third-order valence-corrected chi connectivity index (χ3v) is 9.26. The van der Waals surface area contributed by atoms with Gasteiger partial charge in [-0.3, -0.25) is 13.9 Å². The number of benzene rings is 3. The minimum absolute atomic E-state index is 0.0135. The first kappa shape index (κ1) is 34.2. The highest BCUT2D eigenvalue weighted by Gasteiger charge is 2.35. The number of hydrogen-bond donors (Lipinski definition) is 1. The number of halogens is 2. The molecule has 3 aromatic rings. The van der Waals surface area contributed by atoms with Crippen molar-refractivity contribution in [1.82, 2.24) is 10.2 Å². The van der Waals surface area contributed by atoms with Crippen LogP contribution in [-0.2, 0) is 26.2 Å². The summed E-state index contributed by atoms with van der Waals surface area (Å²) < 4.78 is 35.1. The van der Waals surface area contributed by atoms with Gasteiger partial charge in [0.1, 0.15) is 18.3 Å². The number of nitrogens with zero attached hydrogens (tertiary/aromatic N) is 2. The van der Waals surface area contributed by atoms with Crippen molar-refractivity contribution in [1.29, 1.82) is 0 Å². The summed E-state index contributed by atoms with van der Waals surface area (Å²) in [6.07, 6.45) is 0.276. The lowest BCUT2D eigenvalue weighted by Crippen LogP contribution is -2.52. The Kier molecular flexibility index (Phi) is 12.3. The molecule has 0 bridgehead atoms. The topological polar surface area (TPSA) is 96.0 Å². The second kappa shape index (κ2) is 15.5. The van der Waals surface area contributed by atoms with Crippen LogP contribution in [0.3, 0.4) is 0 Å². The van der Waals surface area contributed by atoms with Gasteiger partial charge in [0.25, 0.3) is 10.0 Å². The van der Waals surface area contributed by atoms with E-state index in [0.29, 0.717) is 27.9 Å². The monoisotopic (exact) mass is 647 g/mol. The Morgan fingerprint density at radius 2 is 1.56 bits per heavy atom. The zero-order valence-electron chi connectivity index (χ0n) is 25.1. The smallest absolute Gasteiger partial charge is 0.264 e. The molecule has 1 N–H and O–H groups in total. The lowest BCUT2D eigenvalue weighted by Gasteiger charge is -2.34. The average molecular weight is 649 g/mol. The zero-order valence-corrected chi connectivity index (χ0v) is 27.5. The fraction of sp³-hybridized carbons (Fsp3) is 0.375. The predicted molar refractivity (Wildman–Crippen MR) is 172 cm³/mol. The lowest BCUT2D eigenvalue weighted by atomic mass is 10.1. The van der Waals surface area contributed by atoms with Crippen LogP contribution in [0.1, 0.15) is 45.2 Å². The molecule has 8 nitrogen and oxygen atoms in total. The number of sulfonamides is 1. The number of carbonyl (C=O) groups is 2. The van der Waals surface area contributed by atoms with Crippen LogP contribution in [0.25, 0.3) is 0 Å². The van der Waals surface area contributed by atoms with Crippen LogP contribution in [0.4, 0.5) is 5.69 Å². The molecule has 1 atom stereocenters. The average Bonchev–Trinajstić information content (AvgIpc) is 2.96. The maximum Gasteiger partial charge on any atom is 0.264 e. The van der Waals surface area contributed by atoms with Crippen LogP contribution >= 0.6 is 23.2 Å². The number of rotatable bonds is 14. The lowest BCUT2D eigenvalue weighted by molar-refractivity contribution is -0.140. The van der Waals surface area contributed by atoms with E-state index in [1.165, 1.54) is 17.0 Å². The standard InChI is InChI=1S/C32H39Cl2N3O5S/c1-6-28(32(39)35-19-22(3)4)36(20-25-26(33)11-10-12-27(25)34)31(38)21-37(29-13-8-9-14-30(29)42-7-2)43(40,41)24-17-15-23(5)16-18-24/h8-18,22,28H,6-7,19-21H2,1-5H3,(H,35,39). The van der Waals surface area contributed by atoms with Gasteiger partial charge in [-0.2, -0.15) is 0 Å². The van der Waals surface area contributed by atoms with E-state index in [1.807, 2.05) is 20.8 Å². The molecular weight excluding hydrogens is 609 g/mol. The molecule has 0 saturated carbocycles. The molecule has 232 valence electrons. The maximum atomic E-state index is 14.3. The van der Waals surface area contributed by atoms with Crippen LogP contribution in [-0.4, -0.2) is 50.9 Å². The van der Waals surface area contributed by atoms with Crippen LogP contribution in [0, 0.1) is 12.8 Å². The number of ether oxygens (including phenoxy) is 1. The first-order chi connectivity index (χ1) is 20.4. The van der Waals surface area contributed by atoms with Gasteiger partial charge < -0.3 is 15.0 Å². The maximum absolute atomic E-state index is 14.3. The van der Waals surface area contributed by atoms with Gasteiger partial charge in [0.2, 0.25) is 11.8 Å². The van der Waals surface area contributed by atoms with Crippen LogP contribution in [0.5, 0.6) is 5.75 Å². The summed E-state index contributed by atoms with van der Waals surface area (Å²) in [5.74, 6) is -0.468.